The molecule has 0 radical (unpaired) electrons. The highest BCUT2D eigenvalue weighted by atomic mass is 19.4. The van der Waals surface area contributed by atoms with E-state index in [-0.39, 0.29) is 0 Å². The van der Waals surface area contributed by atoms with Gasteiger partial charge in [-0.3, -0.25) is 9.47 Å². The highest BCUT2D eigenvalue weighted by Crippen LogP contribution is 2.58. The zero-order chi connectivity index (χ0) is 36.9. The standard InChI is InChI=1S/C16H7F23O6/c1-4(2)5(40)41-3-6(17,9(20,21)22)42-13(32,33)7(18,10(23,24)25)43-14(34,35)8(19,11(26,27)28)44-16(38,39)45-15(36,37)12(29,30)31/h1,3H2,2H3. The van der Waals surface area contributed by atoms with Gasteiger partial charge in [0.15, 0.2) is 6.61 Å². The molecule has 0 amide bonds. The summed E-state index contributed by atoms with van der Waals surface area (Å²) in [5.74, 6) is -25.9. The summed E-state index contributed by atoms with van der Waals surface area (Å²) in [6.07, 6.45) is -63.5. The minimum Gasteiger partial charge on any atom is -0.456 e. The van der Waals surface area contributed by atoms with Crippen molar-refractivity contribution in [3.63, 3.8) is 0 Å². The molecule has 0 saturated carbocycles. The Kier molecular flexibility index (Phi) is 11.2. The van der Waals surface area contributed by atoms with Crippen LogP contribution in [0.4, 0.5) is 101 Å². The van der Waals surface area contributed by atoms with E-state index in [2.05, 4.69) is 11.3 Å². The Hall–Kier alpha value is -2.56. The van der Waals surface area contributed by atoms with Crippen LogP contribution in [0.15, 0.2) is 12.2 Å². The molecule has 0 rings (SSSR count). The van der Waals surface area contributed by atoms with Gasteiger partial charge < -0.3 is 4.74 Å². The molecule has 0 aliphatic carbocycles. The summed E-state index contributed by atoms with van der Waals surface area (Å²) in [6, 6.07) is 0. The van der Waals surface area contributed by atoms with E-state index in [9.17, 15) is 106 Å². The van der Waals surface area contributed by atoms with Crippen LogP contribution in [0.3, 0.4) is 0 Å². The minimum atomic E-state index is -8.62. The van der Waals surface area contributed by atoms with Gasteiger partial charge in [-0.2, -0.15) is 92.2 Å². The van der Waals surface area contributed by atoms with Gasteiger partial charge in [0, 0.05) is 5.57 Å². The Morgan fingerprint density at radius 1 is 0.489 bits per heavy atom. The average molecular weight is 732 g/mol. The Bertz CT molecular complexity index is 1080. The fraction of sp³-hybridized carbons (Fsp3) is 0.812. The molecule has 45 heavy (non-hydrogen) atoms. The van der Waals surface area contributed by atoms with Crippen LogP contribution in [0.2, 0.25) is 0 Å². The third-order valence-electron chi connectivity index (χ3n) is 4.03. The number of hydrogen-bond acceptors (Lipinski definition) is 6. The van der Waals surface area contributed by atoms with Gasteiger partial charge >= 0.3 is 72.9 Å². The monoisotopic (exact) mass is 732 g/mol. The predicted octanol–water partition coefficient (Wildman–Crippen LogP) is 7.75. The summed E-state index contributed by atoms with van der Waals surface area (Å²) in [6.45, 7) is -0.277. The summed E-state index contributed by atoms with van der Waals surface area (Å²) in [4.78, 5) is 11.1. The van der Waals surface area contributed by atoms with Crippen molar-refractivity contribution in [2.45, 2.75) is 73.8 Å². The molecule has 0 aliphatic heterocycles. The second-order valence-corrected chi connectivity index (χ2v) is 7.69. The Morgan fingerprint density at radius 3 is 1.16 bits per heavy atom. The molecule has 0 saturated heterocycles. The van der Waals surface area contributed by atoms with Crippen LogP contribution < -0.4 is 0 Å². The van der Waals surface area contributed by atoms with Crippen molar-refractivity contribution in [1.82, 2.24) is 0 Å². The quantitative estimate of drug-likeness (QED) is 0.0836. The van der Waals surface area contributed by atoms with Gasteiger partial charge in [-0.1, -0.05) is 6.58 Å². The van der Waals surface area contributed by atoms with Crippen LogP contribution in [0.5, 0.6) is 0 Å². The molecule has 0 N–H and O–H groups in total. The van der Waals surface area contributed by atoms with Crippen LogP contribution in [-0.2, 0) is 28.5 Å². The van der Waals surface area contributed by atoms with Crippen molar-refractivity contribution in [2.75, 3.05) is 6.61 Å². The third-order valence-corrected chi connectivity index (χ3v) is 4.03. The fourth-order valence-corrected chi connectivity index (χ4v) is 1.92. The molecular formula is C16H7F23O6. The van der Waals surface area contributed by atoms with Crippen molar-refractivity contribution in [3.05, 3.63) is 12.2 Å². The lowest BCUT2D eigenvalue weighted by molar-refractivity contribution is -0.599. The molecule has 6 nitrogen and oxygen atoms in total. The first-order valence-corrected chi connectivity index (χ1v) is 9.63. The maximum absolute atomic E-state index is 14.4. The highest BCUT2D eigenvalue weighted by molar-refractivity contribution is 5.86. The zero-order valence-corrected chi connectivity index (χ0v) is 20.1. The predicted molar refractivity (Wildman–Crippen MR) is 85.6 cm³/mol. The van der Waals surface area contributed by atoms with E-state index in [0.29, 0.717) is 6.92 Å². The summed E-state index contributed by atoms with van der Waals surface area (Å²) < 4.78 is 312. The molecule has 0 aromatic carbocycles. The molecule has 3 unspecified atom stereocenters. The topological polar surface area (TPSA) is 63.2 Å². The van der Waals surface area contributed by atoms with Crippen molar-refractivity contribution >= 4 is 5.97 Å². The molecule has 29 heteroatoms. The number of carbonyl (C=O) groups excluding carboxylic acids is 1. The Morgan fingerprint density at radius 2 is 0.844 bits per heavy atom. The van der Waals surface area contributed by atoms with Crippen molar-refractivity contribution in [1.29, 1.82) is 0 Å². The van der Waals surface area contributed by atoms with Crippen LogP contribution in [0.25, 0.3) is 0 Å². The molecular weight excluding hydrogens is 725 g/mol. The van der Waals surface area contributed by atoms with Crippen molar-refractivity contribution < 1.29 is 129 Å². The third kappa shape index (κ3) is 8.83. The molecule has 0 spiro atoms. The van der Waals surface area contributed by atoms with E-state index < -0.39 is 85.0 Å². The number of rotatable bonds is 13. The molecule has 268 valence electrons. The maximum Gasteiger partial charge on any atom is 0.493 e. The Labute approximate surface area is 229 Å². The van der Waals surface area contributed by atoms with E-state index >= 15 is 0 Å². The van der Waals surface area contributed by atoms with Crippen LogP contribution in [0, 0.1) is 0 Å². The number of esters is 1. The first kappa shape index (κ1) is 42.4. The molecule has 0 aliphatic rings. The lowest BCUT2D eigenvalue weighted by Gasteiger charge is -2.42. The van der Waals surface area contributed by atoms with E-state index in [0.717, 1.165) is 0 Å². The van der Waals surface area contributed by atoms with E-state index in [1.54, 1.807) is 0 Å². The number of ether oxygens (including phenoxy) is 5. The van der Waals surface area contributed by atoms with Gasteiger partial charge in [0.25, 0.3) is 0 Å². The molecule has 3 atom stereocenters. The lowest BCUT2D eigenvalue weighted by atomic mass is 10.2. The summed E-state index contributed by atoms with van der Waals surface area (Å²) in [7, 11) is 0. The molecule has 0 aromatic rings. The van der Waals surface area contributed by atoms with Gasteiger partial charge in [0.1, 0.15) is 0 Å². The van der Waals surface area contributed by atoms with Crippen LogP contribution >= 0.6 is 0 Å². The average Bonchev–Trinajstić information content (AvgIpc) is 2.72. The van der Waals surface area contributed by atoms with E-state index in [1.165, 1.54) is 14.2 Å². The first-order chi connectivity index (χ1) is 19.2. The number of hydrogen-bond donors (Lipinski definition) is 0. The number of halogens is 23. The number of alkyl halides is 23. The zero-order valence-electron chi connectivity index (χ0n) is 20.1. The van der Waals surface area contributed by atoms with Gasteiger partial charge in [0.2, 0.25) is 0 Å². The first-order valence-electron chi connectivity index (χ1n) is 9.63. The molecule has 0 fully saturated rings. The lowest BCUT2D eigenvalue weighted by Crippen LogP contribution is -2.69. The Balaban J connectivity index is 7.09. The van der Waals surface area contributed by atoms with Gasteiger partial charge in [-0.15, -0.1) is 8.78 Å². The highest BCUT2D eigenvalue weighted by Gasteiger charge is 2.86. The summed E-state index contributed by atoms with van der Waals surface area (Å²) >= 11 is 0. The van der Waals surface area contributed by atoms with Gasteiger partial charge in [-0.25, -0.2) is 14.3 Å². The fourth-order valence-electron chi connectivity index (χ4n) is 1.92. The second kappa shape index (κ2) is 11.9. The summed E-state index contributed by atoms with van der Waals surface area (Å²) in [5.41, 5.74) is -1.04. The smallest absolute Gasteiger partial charge is 0.456 e. The van der Waals surface area contributed by atoms with Gasteiger partial charge in [-0.05, 0) is 6.92 Å². The number of carbonyl (C=O) groups is 1. The largest absolute Gasteiger partial charge is 0.493 e. The van der Waals surface area contributed by atoms with Crippen molar-refractivity contribution in [3.8, 4) is 0 Å². The van der Waals surface area contributed by atoms with Crippen LogP contribution in [0.1, 0.15) is 6.92 Å². The molecule has 0 heterocycles. The van der Waals surface area contributed by atoms with Gasteiger partial charge in [0.05, 0.1) is 0 Å². The molecule has 0 bridgehead atoms. The summed E-state index contributed by atoms with van der Waals surface area (Å²) in [5, 5.41) is 0. The molecule has 0 aromatic heterocycles. The normalized spacial score (nSPS) is 18.9. The van der Waals surface area contributed by atoms with E-state index in [1.807, 2.05) is 4.74 Å². The minimum absolute atomic E-state index is 0.530. The van der Waals surface area contributed by atoms with Crippen molar-refractivity contribution in [2.24, 2.45) is 0 Å². The maximum atomic E-state index is 14.4. The SMILES string of the molecule is C=C(C)C(=O)OCC(F)(OC(F)(F)C(F)(OC(F)(F)C(F)(OC(F)(F)OC(F)(F)C(F)(F)F)C(F)(F)F)C(F)(F)F)C(F)(F)F. The van der Waals surface area contributed by atoms with Crippen LogP contribution in [-0.4, -0.2) is 79.5 Å². The second-order valence-electron chi connectivity index (χ2n) is 7.69. The van der Waals surface area contributed by atoms with E-state index in [4.69, 9.17) is 0 Å².